The van der Waals surface area contributed by atoms with Gasteiger partial charge in [-0.15, -0.1) is 0 Å². The van der Waals surface area contributed by atoms with Crippen LogP contribution in [0.15, 0.2) is 21.4 Å². The van der Waals surface area contributed by atoms with Gasteiger partial charge in [-0.05, 0) is 34.3 Å². The van der Waals surface area contributed by atoms with E-state index in [0.717, 1.165) is 16.5 Å². The Bertz CT molecular complexity index is 673. The quantitative estimate of drug-likeness (QED) is 0.515. The van der Waals surface area contributed by atoms with E-state index < -0.39 is 0 Å². The number of carbonyl (C=O) groups excluding carboxylic acids is 2. The number of aromatic nitrogens is 1. The van der Waals surface area contributed by atoms with Gasteiger partial charge in [0.1, 0.15) is 11.4 Å². The molecule has 0 atom stereocenters. The highest BCUT2D eigenvalue weighted by Crippen LogP contribution is 2.35. The van der Waals surface area contributed by atoms with E-state index in [1.54, 1.807) is 6.20 Å². The molecule has 0 bridgehead atoms. The highest BCUT2D eigenvalue weighted by Gasteiger charge is 2.28. The largest absolute Gasteiger partial charge is 0.369 e. The first-order chi connectivity index (χ1) is 9.58. The Morgan fingerprint density at radius 3 is 2.80 bits per heavy atom. The molecule has 7 nitrogen and oxygen atoms in total. The molecule has 104 valence electrons. The van der Waals surface area contributed by atoms with Crippen LogP contribution >= 0.6 is 15.9 Å². The summed E-state index contributed by atoms with van der Waals surface area (Å²) in [5.41, 5.74) is 7.63. The van der Waals surface area contributed by atoms with Crippen LogP contribution in [0.25, 0.3) is 5.57 Å². The van der Waals surface area contributed by atoms with Crippen molar-refractivity contribution in [1.29, 1.82) is 0 Å². The average Bonchev–Trinajstić information content (AvgIpc) is 2.91. The van der Waals surface area contributed by atoms with Crippen LogP contribution in [0, 0.1) is 0 Å². The average molecular weight is 338 g/mol. The van der Waals surface area contributed by atoms with Crippen molar-refractivity contribution in [2.24, 2.45) is 10.7 Å². The van der Waals surface area contributed by atoms with Crippen molar-refractivity contribution >= 4 is 39.3 Å². The van der Waals surface area contributed by atoms with Crippen molar-refractivity contribution in [2.45, 2.75) is 12.8 Å². The van der Waals surface area contributed by atoms with Crippen LogP contribution in [-0.2, 0) is 4.79 Å². The van der Waals surface area contributed by atoms with E-state index in [2.05, 4.69) is 36.5 Å². The fourth-order valence-corrected chi connectivity index (χ4v) is 2.92. The molecule has 1 aromatic rings. The van der Waals surface area contributed by atoms with Gasteiger partial charge in [0.25, 0.3) is 11.8 Å². The molecule has 3 rings (SSSR count). The van der Waals surface area contributed by atoms with E-state index in [4.69, 9.17) is 5.73 Å². The van der Waals surface area contributed by atoms with Gasteiger partial charge in [-0.2, -0.15) is 0 Å². The molecule has 2 amide bonds. The van der Waals surface area contributed by atoms with Crippen molar-refractivity contribution in [3.63, 3.8) is 0 Å². The first-order valence-electron chi connectivity index (χ1n) is 6.12. The normalized spacial score (nSPS) is 22.6. The number of aliphatic imine (C=N–C) groups is 1. The number of aromatic amines is 1. The highest BCUT2D eigenvalue weighted by atomic mass is 79.9. The second-order valence-electron chi connectivity index (χ2n) is 4.52. The summed E-state index contributed by atoms with van der Waals surface area (Å²) in [5, 5.41) is 5.27. The molecule has 5 N–H and O–H groups in total. The Morgan fingerprint density at radius 1 is 1.30 bits per heavy atom. The van der Waals surface area contributed by atoms with E-state index >= 15 is 0 Å². The van der Waals surface area contributed by atoms with Crippen LogP contribution in [0.2, 0.25) is 0 Å². The summed E-state index contributed by atoms with van der Waals surface area (Å²) >= 11 is 3.41. The van der Waals surface area contributed by atoms with Gasteiger partial charge in [0, 0.05) is 22.8 Å². The van der Waals surface area contributed by atoms with E-state index in [0.29, 0.717) is 24.2 Å². The van der Waals surface area contributed by atoms with Gasteiger partial charge in [0.05, 0.1) is 0 Å². The molecule has 0 spiro atoms. The van der Waals surface area contributed by atoms with Gasteiger partial charge in [0.2, 0.25) is 5.96 Å². The van der Waals surface area contributed by atoms with Gasteiger partial charge in [0.15, 0.2) is 0 Å². The Kier molecular flexibility index (Phi) is 3.09. The first kappa shape index (κ1) is 12.9. The van der Waals surface area contributed by atoms with Gasteiger partial charge in [-0.25, -0.2) is 4.99 Å². The van der Waals surface area contributed by atoms with Crippen molar-refractivity contribution in [2.75, 3.05) is 6.54 Å². The maximum Gasteiger partial charge on any atom is 0.277 e. The fourth-order valence-electron chi connectivity index (χ4n) is 2.37. The standard InChI is InChI=1S/C12H12BrN5O2/c13-6-4-16-9-7(6)5(2-1-3-15-10(9)19)8-11(20)18-12(14)17-8/h4,16H,1-3H2,(H,15,19)(H3,14,17,18,20)/b8-5-. The minimum absolute atomic E-state index is 0.0808. The third-order valence-electron chi connectivity index (χ3n) is 3.22. The van der Waals surface area contributed by atoms with Crippen LogP contribution in [0.3, 0.4) is 0 Å². The molecule has 0 saturated carbocycles. The van der Waals surface area contributed by atoms with E-state index in [1.165, 1.54) is 0 Å². The molecule has 0 aliphatic carbocycles. The molecule has 20 heavy (non-hydrogen) atoms. The summed E-state index contributed by atoms with van der Waals surface area (Å²) in [4.78, 5) is 30.9. The SMILES string of the molecule is NC1=N/C(=C2/CCCNC(=O)c3[nH]cc(Br)c32)C(=O)N1. The lowest BCUT2D eigenvalue weighted by molar-refractivity contribution is -0.115. The van der Waals surface area contributed by atoms with Crippen LogP contribution in [-0.4, -0.2) is 29.3 Å². The molecule has 0 saturated heterocycles. The molecule has 0 radical (unpaired) electrons. The molecular formula is C12H12BrN5O2. The number of nitrogens with one attached hydrogen (secondary N) is 3. The molecule has 3 heterocycles. The number of guanidine groups is 1. The lowest BCUT2D eigenvalue weighted by Gasteiger charge is -2.15. The second-order valence-corrected chi connectivity index (χ2v) is 5.38. The van der Waals surface area contributed by atoms with E-state index in [-0.39, 0.29) is 23.5 Å². The van der Waals surface area contributed by atoms with E-state index in [1.807, 2.05) is 0 Å². The Balaban J connectivity index is 2.23. The summed E-state index contributed by atoms with van der Waals surface area (Å²) in [6.45, 7) is 0.548. The molecule has 0 unspecified atom stereocenters. The molecule has 0 fully saturated rings. The summed E-state index contributed by atoms with van der Waals surface area (Å²) < 4.78 is 0.723. The smallest absolute Gasteiger partial charge is 0.277 e. The van der Waals surface area contributed by atoms with Crippen molar-refractivity contribution in [3.8, 4) is 0 Å². The third-order valence-corrected chi connectivity index (χ3v) is 3.85. The maximum atomic E-state index is 12.0. The zero-order valence-electron chi connectivity index (χ0n) is 10.4. The minimum atomic E-state index is -0.336. The number of H-pyrrole nitrogens is 1. The van der Waals surface area contributed by atoms with Crippen molar-refractivity contribution < 1.29 is 9.59 Å². The highest BCUT2D eigenvalue weighted by molar-refractivity contribution is 9.10. The lowest BCUT2D eigenvalue weighted by atomic mass is 9.97. The Hall–Kier alpha value is -2.09. The number of fused-ring (bicyclic) bond motifs is 1. The van der Waals surface area contributed by atoms with Crippen LogP contribution in [0.5, 0.6) is 0 Å². The number of nitrogens with two attached hydrogens (primary N) is 1. The Labute approximate surface area is 122 Å². The zero-order chi connectivity index (χ0) is 14.3. The third kappa shape index (κ3) is 2.01. The molecule has 2 aliphatic heterocycles. The van der Waals surface area contributed by atoms with Gasteiger partial charge in [-0.1, -0.05) is 0 Å². The molecule has 8 heteroatoms. The number of allylic oxidation sites excluding steroid dienone is 1. The van der Waals surface area contributed by atoms with E-state index in [9.17, 15) is 9.59 Å². The number of hydrogen-bond donors (Lipinski definition) is 4. The monoisotopic (exact) mass is 337 g/mol. The molecule has 0 aromatic carbocycles. The number of hydrogen-bond acceptors (Lipinski definition) is 4. The van der Waals surface area contributed by atoms with Crippen molar-refractivity contribution in [3.05, 3.63) is 27.6 Å². The number of halogens is 1. The Morgan fingerprint density at radius 2 is 2.10 bits per heavy atom. The summed E-state index contributed by atoms with van der Waals surface area (Å²) in [5.74, 6) is -0.450. The predicted molar refractivity (Wildman–Crippen MR) is 76.7 cm³/mol. The maximum absolute atomic E-state index is 12.0. The number of rotatable bonds is 0. The van der Waals surface area contributed by atoms with Gasteiger partial charge < -0.3 is 16.0 Å². The molecular weight excluding hydrogens is 326 g/mol. The minimum Gasteiger partial charge on any atom is -0.369 e. The summed E-state index contributed by atoms with van der Waals surface area (Å²) in [6, 6.07) is 0. The molecule has 1 aromatic heterocycles. The van der Waals surface area contributed by atoms with Gasteiger partial charge >= 0.3 is 0 Å². The number of nitrogens with zero attached hydrogens (tertiary/aromatic N) is 1. The van der Waals surface area contributed by atoms with Crippen LogP contribution < -0.4 is 16.4 Å². The summed E-state index contributed by atoms with van der Waals surface area (Å²) in [7, 11) is 0. The first-order valence-corrected chi connectivity index (χ1v) is 6.91. The summed E-state index contributed by atoms with van der Waals surface area (Å²) in [6.07, 6.45) is 3.03. The second kappa shape index (κ2) is 4.78. The van der Waals surface area contributed by atoms with Gasteiger partial charge in [-0.3, -0.25) is 14.9 Å². The predicted octanol–water partition coefficient (Wildman–Crippen LogP) is 0.456. The van der Waals surface area contributed by atoms with Crippen LogP contribution in [0.1, 0.15) is 28.9 Å². The number of carbonyl (C=O) groups is 2. The lowest BCUT2D eigenvalue weighted by Crippen LogP contribution is -2.31. The molecule has 2 aliphatic rings. The topological polar surface area (TPSA) is 112 Å². The van der Waals surface area contributed by atoms with Crippen LogP contribution in [0.4, 0.5) is 0 Å². The number of amides is 2. The van der Waals surface area contributed by atoms with Crippen molar-refractivity contribution in [1.82, 2.24) is 15.6 Å². The zero-order valence-corrected chi connectivity index (χ0v) is 12.0. The fraction of sp³-hybridized carbons (Fsp3) is 0.250.